The number of hydrogen-bond donors (Lipinski definition) is 1. The van der Waals surface area contributed by atoms with Gasteiger partial charge in [0.1, 0.15) is 0 Å². The first-order chi connectivity index (χ1) is 10.2. The minimum atomic E-state index is -0.00354. The molecule has 1 aromatic carbocycles. The fraction of sp³-hybridized carbons (Fsp3) is 0.471. The van der Waals surface area contributed by atoms with Gasteiger partial charge >= 0.3 is 0 Å². The molecule has 114 valence electrons. The molecule has 0 aliphatic rings. The maximum atomic E-state index is 6.40. The Morgan fingerprint density at radius 1 is 1.29 bits per heavy atom. The summed E-state index contributed by atoms with van der Waals surface area (Å²) in [5.41, 5.74) is 8.80. The second-order valence-electron chi connectivity index (χ2n) is 5.36. The summed E-state index contributed by atoms with van der Waals surface area (Å²) in [4.78, 5) is 4.31. The number of thioether (sulfide) groups is 1. The zero-order valence-corrected chi connectivity index (χ0v) is 13.7. The molecular formula is C17H25N3S. The lowest BCUT2D eigenvalue weighted by atomic mass is 10.0. The van der Waals surface area contributed by atoms with Crippen molar-refractivity contribution in [2.45, 2.75) is 38.8 Å². The molecule has 0 bridgehead atoms. The molecule has 0 spiro atoms. The van der Waals surface area contributed by atoms with Gasteiger partial charge in [-0.25, -0.2) is 4.98 Å². The largest absolute Gasteiger partial charge is 0.330 e. The Kier molecular flexibility index (Phi) is 6.33. The molecule has 2 rings (SSSR count). The summed E-state index contributed by atoms with van der Waals surface area (Å²) in [6.45, 7) is 4.45. The molecule has 0 aliphatic heterocycles. The van der Waals surface area contributed by atoms with Gasteiger partial charge in [-0.1, -0.05) is 37.3 Å². The first kappa shape index (κ1) is 16.1. The monoisotopic (exact) mass is 303 g/mol. The minimum absolute atomic E-state index is 0.00354. The van der Waals surface area contributed by atoms with E-state index in [1.807, 2.05) is 30.4 Å². The molecule has 1 unspecified atom stereocenters. The van der Waals surface area contributed by atoms with Crippen LogP contribution in [0.3, 0.4) is 0 Å². The predicted octanol–water partition coefficient (Wildman–Crippen LogP) is 3.83. The van der Waals surface area contributed by atoms with Crippen molar-refractivity contribution in [3.63, 3.8) is 0 Å². The number of imidazole rings is 1. The summed E-state index contributed by atoms with van der Waals surface area (Å²) in [6.07, 6.45) is 5.83. The van der Waals surface area contributed by atoms with Crippen molar-refractivity contribution in [1.29, 1.82) is 0 Å². The normalized spacial score (nSPS) is 14.0. The summed E-state index contributed by atoms with van der Waals surface area (Å²) >= 11 is 1.99. The van der Waals surface area contributed by atoms with Crippen LogP contribution in [-0.4, -0.2) is 21.1 Å². The molecule has 0 fully saturated rings. The number of rotatable bonds is 8. The van der Waals surface area contributed by atoms with E-state index < -0.39 is 0 Å². The summed E-state index contributed by atoms with van der Waals surface area (Å²) in [6, 6.07) is 10.9. The zero-order chi connectivity index (χ0) is 15.1. The predicted molar refractivity (Wildman–Crippen MR) is 91.6 cm³/mol. The summed E-state index contributed by atoms with van der Waals surface area (Å²) in [5.74, 6) is 2.36. The highest BCUT2D eigenvalue weighted by Crippen LogP contribution is 2.22. The van der Waals surface area contributed by atoms with Crippen molar-refractivity contribution in [1.82, 2.24) is 9.55 Å². The van der Waals surface area contributed by atoms with Crippen LogP contribution in [-0.2, 0) is 6.42 Å². The maximum absolute atomic E-state index is 6.40. The van der Waals surface area contributed by atoms with Gasteiger partial charge in [-0.15, -0.1) is 0 Å². The standard InChI is InChI=1S/C17H25N3S/c1-3-21-10-9-14(2)20-13-19-12-17(20)16(18)11-15-7-5-4-6-8-15/h4-8,12-14,16H,3,9-11,18H2,1-2H3/t14?,16-/m1/s1. The van der Waals surface area contributed by atoms with Crippen LogP contribution >= 0.6 is 11.8 Å². The Morgan fingerprint density at radius 2 is 2.05 bits per heavy atom. The van der Waals surface area contributed by atoms with Crippen LogP contribution in [0.1, 0.15) is 43.6 Å². The molecule has 0 radical (unpaired) electrons. The molecule has 21 heavy (non-hydrogen) atoms. The van der Waals surface area contributed by atoms with Gasteiger partial charge in [0.05, 0.1) is 18.1 Å². The van der Waals surface area contributed by atoms with E-state index in [0.717, 1.165) is 18.5 Å². The summed E-state index contributed by atoms with van der Waals surface area (Å²) in [5, 5.41) is 0. The van der Waals surface area contributed by atoms with E-state index >= 15 is 0 Å². The number of hydrogen-bond acceptors (Lipinski definition) is 3. The van der Waals surface area contributed by atoms with Gasteiger partial charge in [0.2, 0.25) is 0 Å². The number of nitrogens with zero attached hydrogens (tertiary/aromatic N) is 2. The van der Waals surface area contributed by atoms with Crippen molar-refractivity contribution in [2.75, 3.05) is 11.5 Å². The molecule has 1 heterocycles. The Hall–Kier alpha value is -1.26. The van der Waals surface area contributed by atoms with Crippen LogP contribution in [0.25, 0.3) is 0 Å². The van der Waals surface area contributed by atoms with Crippen LogP contribution in [0, 0.1) is 0 Å². The number of aromatic nitrogens is 2. The maximum Gasteiger partial charge on any atom is 0.0951 e. The van der Waals surface area contributed by atoms with Crippen LogP contribution in [0.2, 0.25) is 0 Å². The highest BCUT2D eigenvalue weighted by Gasteiger charge is 2.15. The molecule has 1 aromatic heterocycles. The highest BCUT2D eigenvalue weighted by atomic mass is 32.2. The highest BCUT2D eigenvalue weighted by molar-refractivity contribution is 7.99. The molecule has 0 saturated carbocycles. The Bertz CT molecular complexity index is 524. The SMILES string of the molecule is CCSCCC(C)n1cncc1[C@H](N)Cc1ccccc1. The van der Waals surface area contributed by atoms with Crippen molar-refractivity contribution in [2.24, 2.45) is 5.73 Å². The quantitative estimate of drug-likeness (QED) is 0.754. The molecule has 3 nitrogen and oxygen atoms in total. The van der Waals surface area contributed by atoms with E-state index in [1.165, 1.54) is 17.1 Å². The van der Waals surface area contributed by atoms with Gasteiger partial charge in [0.25, 0.3) is 0 Å². The average Bonchev–Trinajstić information content (AvgIpc) is 2.98. The lowest BCUT2D eigenvalue weighted by molar-refractivity contribution is 0.494. The molecule has 4 heteroatoms. The Morgan fingerprint density at radius 3 is 2.76 bits per heavy atom. The fourth-order valence-electron chi connectivity index (χ4n) is 2.48. The van der Waals surface area contributed by atoms with Crippen LogP contribution in [0.15, 0.2) is 42.9 Å². The lowest BCUT2D eigenvalue weighted by Crippen LogP contribution is -2.19. The molecule has 2 aromatic rings. The van der Waals surface area contributed by atoms with E-state index in [2.05, 4.69) is 47.7 Å². The molecule has 0 amide bonds. The Balaban J connectivity index is 2.01. The summed E-state index contributed by atoms with van der Waals surface area (Å²) in [7, 11) is 0. The zero-order valence-electron chi connectivity index (χ0n) is 12.9. The number of nitrogens with two attached hydrogens (primary N) is 1. The van der Waals surface area contributed by atoms with Gasteiger partial charge in [0.15, 0.2) is 0 Å². The average molecular weight is 303 g/mol. The lowest BCUT2D eigenvalue weighted by Gasteiger charge is -2.20. The third kappa shape index (κ3) is 4.61. The van der Waals surface area contributed by atoms with Gasteiger partial charge in [-0.05, 0) is 36.8 Å². The first-order valence-electron chi connectivity index (χ1n) is 7.61. The van der Waals surface area contributed by atoms with E-state index in [9.17, 15) is 0 Å². The number of benzene rings is 1. The molecule has 2 N–H and O–H groups in total. The topological polar surface area (TPSA) is 43.8 Å². The summed E-state index contributed by atoms with van der Waals surface area (Å²) < 4.78 is 2.24. The van der Waals surface area contributed by atoms with Crippen molar-refractivity contribution in [3.05, 3.63) is 54.1 Å². The van der Waals surface area contributed by atoms with E-state index in [0.29, 0.717) is 6.04 Å². The van der Waals surface area contributed by atoms with Crippen molar-refractivity contribution in [3.8, 4) is 0 Å². The molecule has 0 aliphatic carbocycles. The van der Waals surface area contributed by atoms with Crippen LogP contribution < -0.4 is 5.73 Å². The van der Waals surface area contributed by atoms with Crippen LogP contribution in [0.5, 0.6) is 0 Å². The van der Waals surface area contributed by atoms with E-state index in [4.69, 9.17) is 5.73 Å². The minimum Gasteiger partial charge on any atom is -0.330 e. The van der Waals surface area contributed by atoms with Gasteiger partial charge < -0.3 is 10.3 Å². The molecule has 2 atom stereocenters. The second-order valence-corrected chi connectivity index (χ2v) is 6.75. The van der Waals surface area contributed by atoms with Gasteiger partial charge in [0, 0.05) is 12.2 Å². The van der Waals surface area contributed by atoms with Crippen molar-refractivity contribution >= 4 is 11.8 Å². The third-order valence-electron chi connectivity index (χ3n) is 3.73. The van der Waals surface area contributed by atoms with E-state index in [1.54, 1.807) is 0 Å². The molecular weight excluding hydrogens is 278 g/mol. The van der Waals surface area contributed by atoms with Gasteiger partial charge in [-0.3, -0.25) is 0 Å². The van der Waals surface area contributed by atoms with Gasteiger partial charge in [-0.2, -0.15) is 11.8 Å². The third-order valence-corrected chi connectivity index (χ3v) is 4.67. The first-order valence-corrected chi connectivity index (χ1v) is 8.76. The molecule has 0 saturated heterocycles. The Labute approximate surface area is 132 Å². The van der Waals surface area contributed by atoms with Crippen LogP contribution in [0.4, 0.5) is 0 Å². The van der Waals surface area contributed by atoms with Crippen molar-refractivity contribution < 1.29 is 0 Å². The smallest absolute Gasteiger partial charge is 0.0951 e. The fourth-order valence-corrected chi connectivity index (χ4v) is 3.28. The second kappa shape index (κ2) is 8.25. The van der Waals surface area contributed by atoms with E-state index in [-0.39, 0.29) is 6.04 Å².